The van der Waals surface area contributed by atoms with Crippen molar-refractivity contribution in [1.29, 1.82) is 0 Å². The Hall–Kier alpha value is -1.59. The molecule has 5 saturated heterocycles. The number of nitrogens with zero attached hydrogens (tertiary/aromatic N) is 2. The summed E-state index contributed by atoms with van der Waals surface area (Å²) in [6, 6.07) is 9.34. The highest BCUT2D eigenvalue weighted by atomic mass is 16.5. The minimum absolute atomic E-state index is 0.152. The zero-order chi connectivity index (χ0) is 18.4. The molecule has 5 heterocycles. The summed E-state index contributed by atoms with van der Waals surface area (Å²) in [4.78, 5) is 18.4. The van der Waals surface area contributed by atoms with E-state index in [1.54, 1.807) is 7.11 Å². The van der Waals surface area contributed by atoms with Crippen LogP contribution in [0.3, 0.4) is 0 Å². The third kappa shape index (κ3) is 2.95. The lowest BCUT2D eigenvalue weighted by Crippen LogP contribution is -2.61. The van der Waals surface area contributed by atoms with Crippen molar-refractivity contribution in [3.05, 3.63) is 29.8 Å². The van der Waals surface area contributed by atoms with Crippen LogP contribution in [0.4, 0.5) is 0 Å². The Morgan fingerprint density at radius 2 is 1.89 bits per heavy atom. The Balaban J connectivity index is 1.47. The van der Waals surface area contributed by atoms with E-state index in [1.807, 2.05) is 6.07 Å². The molecule has 0 radical (unpaired) electrons. The van der Waals surface area contributed by atoms with Gasteiger partial charge in [0.1, 0.15) is 5.75 Å². The molecule has 3 atom stereocenters. The number of hydrogen-bond acceptors (Lipinski definition) is 4. The van der Waals surface area contributed by atoms with Crippen LogP contribution >= 0.6 is 0 Å². The molecular formula is C22H30N2O3. The van der Waals surface area contributed by atoms with Gasteiger partial charge in [-0.2, -0.15) is 0 Å². The largest absolute Gasteiger partial charge is 0.497 e. The molecule has 5 heteroatoms. The molecule has 1 amide bonds. The summed E-state index contributed by atoms with van der Waals surface area (Å²) in [7, 11) is 1.73. The number of carbonyl (C=O) groups is 1. The topological polar surface area (TPSA) is 42.0 Å². The molecule has 1 aromatic carbocycles. The molecular weight excluding hydrogens is 340 g/mol. The molecule has 0 N–H and O–H groups in total. The third-order valence-corrected chi connectivity index (χ3v) is 7.37. The zero-order valence-corrected chi connectivity index (χ0v) is 16.2. The molecule has 6 rings (SSSR count). The van der Waals surface area contributed by atoms with Gasteiger partial charge in [-0.3, -0.25) is 9.69 Å². The molecule has 5 fully saturated rings. The number of hydrogen-bond donors (Lipinski definition) is 0. The normalized spacial score (nSPS) is 35.9. The summed E-state index contributed by atoms with van der Waals surface area (Å²) in [6.07, 6.45) is 4.24. The van der Waals surface area contributed by atoms with Crippen LogP contribution in [-0.2, 0) is 9.53 Å². The lowest BCUT2D eigenvalue weighted by molar-refractivity contribution is -0.143. The van der Waals surface area contributed by atoms with Crippen LogP contribution in [-0.4, -0.2) is 67.7 Å². The van der Waals surface area contributed by atoms with Crippen molar-refractivity contribution in [2.24, 2.45) is 11.8 Å². The number of ether oxygens (including phenoxy) is 2. The van der Waals surface area contributed by atoms with Gasteiger partial charge in [0.2, 0.25) is 5.91 Å². The fraction of sp³-hybridized carbons (Fsp3) is 0.682. The molecule has 2 bridgehead atoms. The smallest absolute Gasteiger partial charge is 0.226 e. The third-order valence-electron chi connectivity index (χ3n) is 7.37. The SMILES string of the molecule is COc1cccc([C@@H]2CN(C(=O)C3CCOCC3)[C@H]3C4CCN(CC4)[C@@H]23)c1. The van der Waals surface area contributed by atoms with E-state index in [4.69, 9.17) is 9.47 Å². The molecule has 5 aliphatic rings. The molecule has 0 unspecified atom stereocenters. The maximum atomic E-state index is 13.5. The molecule has 0 saturated carbocycles. The van der Waals surface area contributed by atoms with Crippen LogP contribution in [0.25, 0.3) is 0 Å². The summed E-state index contributed by atoms with van der Waals surface area (Å²) in [5.41, 5.74) is 1.32. The summed E-state index contributed by atoms with van der Waals surface area (Å²) in [5, 5.41) is 0. The molecule has 27 heavy (non-hydrogen) atoms. The highest BCUT2D eigenvalue weighted by Gasteiger charge is 2.55. The molecule has 0 aromatic heterocycles. The van der Waals surface area contributed by atoms with Gasteiger partial charge in [-0.15, -0.1) is 0 Å². The van der Waals surface area contributed by atoms with Crippen LogP contribution < -0.4 is 4.74 Å². The molecule has 5 nitrogen and oxygen atoms in total. The van der Waals surface area contributed by atoms with Gasteiger partial charge in [0, 0.05) is 37.6 Å². The minimum atomic E-state index is 0.152. The maximum Gasteiger partial charge on any atom is 0.226 e. The first-order chi connectivity index (χ1) is 13.3. The standard InChI is InChI=1S/C22H30N2O3/c1-26-18-4-2-3-17(13-18)19-14-24(22(25)16-7-11-27-12-8-16)20-15-5-9-23(10-6-15)21(19)20/h2-4,13,15-16,19-21H,5-12,14H2,1H3/t19-,20-,21-/m0/s1. The van der Waals surface area contributed by atoms with Crippen molar-refractivity contribution in [3.8, 4) is 5.75 Å². The second-order valence-electron chi connectivity index (χ2n) is 8.61. The Kier molecular flexibility index (Phi) is 4.60. The minimum Gasteiger partial charge on any atom is -0.497 e. The van der Waals surface area contributed by atoms with E-state index in [9.17, 15) is 4.79 Å². The van der Waals surface area contributed by atoms with Crippen LogP contribution in [0.15, 0.2) is 24.3 Å². The van der Waals surface area contributed by atoms with E-state index in [1.165, 1.54) is 31.5 Å². The number of amides is 1. The van der Waals surface area contributed by atoms with Gasteiger partial charge in [-0.25, -0.2) is 0 Å². The average molecular weight is 370 g/mol. The number of fused-ring (bicyclic) bond motifs is 2. The second-order valence-corrected chi connectivity index (χ2v) is 8.61. The van der Waals surface area contributed by atoms with Crippen molar-refractivity contribution in [1.82, 2.24) is 9.80 Å². The first-order valence-electron chi connectivity index (χ1n) is 10.5. The second kappa shape index (κ2) is 7.10. The molecule has 0 aliphatic carbocycles. The highest BCUT2D eigenvalue weighted by molar-refractivity contribution is 5.80. The molecule has 146 valence electrons. The molecule has 1 aromatic rings. The Morgan fingerprint density at radius 1 is 1.11 bits per heavy atom. The van der Waals surface area contributed by atoms with E-state index >= 15 is 0 Å². The van der Waals surface area contributed by atoms with Gasteiger partial charge >= 0.3 is 0 Å². The van der Waals surface area contributed by atoms with Crippen molar-refractivity contribution >= 4 is 5.91 Å². The van der Waals surface area contributed by atoms with Crippen molar-refractivity contribution in [2.75, 3.05) is 40.0 Å². The van der Waals surface area contributed by atoms with Crippen molar-refractivity contribution in [3.63, 3.8) is 0 Å². The zero-order valence-electron chi connectivity index (χ0n) is 16.2. The van der Waals surface area contributed by atoms with Crippen molar-refractivity contribution < 1.29 is 14.3 Å². The van der Waals surface area contributed by atoms with Gasteiger partial charge in [0.25, 0.3) is 0 Å². The quantitative estimate of drug-likeness (QED) is 0.820. The maximum absolute atomic E-state index is 13.5. The predicted molar refractivity (Wildman–Crippen MR) is 103 cm³/mol. The number of benzene rings is 1. The summed E-state index contributed by atoms with van der Waals surface area (Å²) >= 11 is 0. The van der Waals surface area contributed by atoms with E-state index < -0.39 is 0 Å². The number of piperidine rings is 3. The lowest BCUT2D eigenvalue weighted by atomic mass is 9.75. The summed E-state index contributed by atoms with van der Waals surface area (Å²) in [6.45, 7) is 4.68. The Bertz CT molecular complexity index is 695. The van der Waals surface area contributed by atoms with Crippen LogP contribution in [0.1, 0.15) is 37.2 Å². The van der Waals surface area contributed by atoms with Gasteiger partial charge in [0.15, 0.2) is 0 Å². The van der Waals surface area contributed by atoms with Gasteiger partial charge < -0.3 is 14.4 Å². The van der Waals surface area contributed by atoms with E-state index in [0.29, 0.717) is 29.8 Å². The number of carbonyl (C=O) groups excluding carboxylic acids is 1. The van der Waals surface area contributed by atoms with Crippen molar-refractivity contribution in [2.45, 2.75) is 43.7 Å². The number of rotatable bonds is 3. The first-order valence-corrected chi connectivity index (χ1v) is 10.5. The van der Waals surface area contributed by atoms with E-state index in [2.05, 4.69) is 28.0 Å². The van der Waals surface area contributed by atoms with Crippen LogP contribution in [0.2, 0.25) is 0 Å². The first kappa shape index (κ1) is 17.5. The number of likely N-dealkylation sites (tertiary alicyclic amines) is 1. The predicted octanol–water partition coefficient (Wildman–Crippen LogP) is 2.51. The van der Waals surface area contributed by atoms with Crippen LogP contribution in [0, 0.1) is 11.8 Å². The Labute approximate surface area is 161 Å². The summed E-state index contributed by atoms with van der Waals surface area (Å²) < 4.78 is 11.0. The van der Waals surface area contributed by atoms with E-state index in [-0.39, 0.29) is 5.92 Å². The monoisotopic (exact) mass is 370 g/mol. The fourth-order valence-electron chi connectivity index (χ4n) is 6.02. The summed E-state index contributed by atoms with van der Waals surface area (Å²) in [5.74, 6) is 2.50. The average Bonchev–Trinajstić information content (AvgIpc) is 3.18. The van der Waals surface area contributed by atoms with Gasteiger partial charge in [0.05, 0.1) is 13.2 Å². The van der Waals surface area contributed by atoms with Gasteiger partial charge in [-0.1, -0.05) is 12.1 Å². The van der Waals surface area contributed by atoms with E-state index in [0.717, 1.165) is 38.3 Å². The highest BCUT2D eigenvalue weighted by Crippen LogP contribution is 2.47. The number of methoxy groups -OCH3 is 1. The van der Waals surface area contributed by atoms with Crippen LogP contribution in [0.5, 0.6) is 5.75 Å². The van der Waals surface area contributed by atoms with Gasteiger partial charge in [-0.05, 0) is 62.4 Å². The molecule has 0 spiro atoms. The Morgan fingerprint density at radius 3 is 2.63 bits per heavy atom. The fourth-order valence-corrected chi connectivity index (χ4v) is 6.02. The molecule has 5 aliphatic heterocycles. The lowest BCUT2D eigenvalue weighted by Gasteiger charge is -2.51.